The molecule has 0 fully saturated rings. The Morgan fingerprint density at radius 2 is 1.82 bits per heavy atom. The number of benzene rings is 2. The molecule has 1 N–H and O–H groups in total. The zero-order valence-electron chi connectivity index (χ0n) is 8.76. The number of carboxylic acid groups (broad SMARTS) is 1. The lowest BCUT2D eigenvalue weighted by atomic mass is 10.2. The van der Waals surface area contributed by atoms with Gasteiger partial charge >= 0.3 is 5.97 Å². The molecule has 2 aromatic carbocycles. The van der Waals surface area contributed by atoms with Gasteiger partial charge in [0.2, 0.25) is 0 Å². The Labute approximate surface area is 97.1 Å². The van der Waals surface area contributed by atoms with Gasteiger partial charge in [-0.25, -0.2) is 9.18 Å². The minimum absolute atomic E-state index is 0.116. The number of ether oxygens (including phenoxy) is 1. The van der Waals surface area contributed by atoms with Crippen molar-refractivity contribution in [3.05, 3.63) is 59.9 Å². The van der Waals surface area contributed by atoms with Gasteiger partial charge in [-0.15, -0.1) is 0 Å². The number of hydrogen-bond donors (Lipinski definition) is 1. The second kappa shape index (κ2) is 4.65. The number of carboxylic acids is 1. The first-order valence-electron chi connectivity index (χ1n) is 4.92. The van der Waals surface area contributed by atoms with Crippen LogP contribution in [0.1, 0.15) is 10.4 Å². The van der Waals surface area contributed by atoms with Crippen LogP contribution in [0, 0.1) is 5.82 Å². The van der Waals surface area contributed by atoms with Crippen molar-refractivity contribution < 1.29 is 19.0 Å². The minimum atomic E-state index is -1.23. The Hall–Kier alpha value is -2.36. The fraction of sp³-hybridized carbons (Fsp3) is 0. The molecule has 0 aromatic heterocycles. The molecule has 0 aliphatic carbocycles. The van der Waals surface area contributed by atoms with E-state index < -0.39 is 11.8 Å². The van der Waals surface area contributed by atoms with Gasteiger partial charge in [0.15, 0.2) is 0 Å². The average molecular weight is 232 g/mol. The predicted octanol–water partition coefficient (Wildman–Crippen LogP) is 3.32. The maximum absolute atomic E-state index is 12.9. The highest BCUT2D eigenvalue weighted by molar-refractivity contribution is 5.91. The predicted molar refractivity (Wildman–Crippen MR) is 59.9 cm³/mol. The lowest BCUT2D eigenvalue weighted by Gasteiger charge is -2.08. The number of hydrogen-bond acceptors (Lipinski definition) is 2. The Morgan fingerprint density at radius 1 is 1.12 bits per heavy atom. The Morgan fingerprint density at radius 3 is 2.47 bits per heavy atom. The third-order valence-electron chi connectivity index (χ3n) is 2.14. The molecule has 0 atom stereocenters. The molecule has 3 nitrogen and oxygen atoms in total. The number of carbonyl (C=O) groups is 1. The second-order valence-electron chi connectivity index (χ2n) is 3.36. The normalized spacial score (nSPS) is 9.94. The molecule has 0 saturated carbocycles. The summed E-state index contributed by atoms with van der Waals surface area (Å²) < 4.78 is 18.3. The van der Waals surface area contributed by atoms with E-state index in [1.165, 1.54) is 6.07 Å². The van der Waals surface area contributed by atoms with Crippen LogP contribution >= 0.6 is 0 Å². The summed E-state index contributed by atoms with van der Waals surface area (Å²) in [6.07, 6.45) is 0. The molecule has 0 amide bonds. The first-order valence-corrected chi connectivity index (χ1v) is 4.92. The summed E-state index contributed by atoms with van der Waals surface area (Å²) in [7, 11) is 0. The summed E-state index contributed by atoms with van der Waals surface area (Å²) in [6, 6.07) is 12.1. The smallest absolute Gasteiger partial charge is 0.339 e. The van der Waals surface area contributed by atoms with Crippen LogP contribution in [0.3, 0.4) is 0 Å². The Bertz CT molecular complexity index is 538. The highest BCUT2D eigenvalue weighted by Gasteiger charge is 2.13. The van der Waals surface area contributed by atoms with E-state index in [-0.39, 0.29) is 11.3 Å². The Balaban J connectivity index is 2.36. The number of rotatable bonds is 3. The van der Waals surface area contributed by atoms with Gasteiger partial charge in [-0.05, 0) is 30.3 Å². The van der Waals surface area contributed by atoms with E-state index >= 15 is 0 Å². The van der Waals surface area contributed by atoms with Crippen molar-refractivity contribution in [2.24, 2.45) is 0 Å². The molecule has 86 valence electrons. The molecule has 0 aliphatic rings. The summed E-state index contributed by atoms with van der Waals surface area (Å²) in [5, 5.41) is 8.92. The summed E-state index contributed by atoms with van der Waals surface area (Å²) in [5.74, 6) is -1.22. The molecule has 0 saturated heterocycles. The lowest BCUT2D eigenvalue weighted by molar-refractivity contribution is 0.0693. The fourth-order valence-corrected chi connectivity index (χ4v) is 1.37. The van der Waals surface area contributed by atoms with Crippen LogP contribution in [0.2, 0.25) is 0 Å². The highest BCUT2D eigenvalue weighted by Crippen LogP contribution is 2.25. The van der Waals surface area contributed by atoms with Crippen LogP contribution in [-0.4, -0.2) is 11.1 Å². The standard InChI is InChI=1S/C13H9FO3/c14-9-6-7-12(11(8-9)13(15)16)17-10-4-2-1-3-5-10/h1-8H,(H,15,16). The van der Waals surface area contributed by atoms with Gasteiger partial charge in [0.25, 0.3) is 0 Å². The van der Waals surface area contributed by atoms with Crippen molar-refractivity contribution in [1.82, 2.24) is 0 Å². The van der Waals surface area contributed by atoms with Crippen LogP contribution < -0.4 is 4.74 Å². The number of halogens is 1. The third kappa shape index (κ3) is 2.60. The van der Waals surface area contributed by atoms with Gasteiger partial charge in [-0.1, -0.05) is 18.2 Å². The van der Waals surface area contributed by atoms with E-state index in [4.69, 9.17) is 9.84 Å². The molecule has 0 radical (unpaired) electrons. The van der Waals surface area contributed by atoms with Gasteiger partial charge in [0.1, 0.15) is 22.9 Å². The summed E-state index contributed by atoms with van der Waals surface area (Å²) >= 11 is 0. The van der Waals surface area contributed by atoms with Crippen LogP contribution in [0.15, 0.2) is 48.5 Å². The first-order chi connectivity index (χ1) is 8.16. The van der Waals surface area contributed by atoms with Crippen molar-refractivity contribution >= 4 is 5.97 Å². The third-order valence-corrected chi connectivity index (χ3v) is 2.14. The minimum Gasteiger partial charge on any atom is -0.478 e. The van der Waals surface area contributed by atoms with Crippen LogP contribution in [0.4, 0.5) is 4.39 Å². The van der Waals surface area contributed by atoms with E-state index in [0.717, 1.165) is 12.1 Å². The molecule has 17 heavy (non-hydrogen) atoms. The largest absolute Gasteiger partial charge is 0.478 e. The van der Waals surface area contributed by atoms with Gasteiger partial charge in [0, 0.05) is 0 Å². The zero-order chi connectivity index (χ0) is 12.3. The summed E-state index contributed by atoms with van der Waals surface area (Å²) in [6.45, 7) is 0. The van der Waals surface area contributed by atoms with Crippen molar-refractivity contribution in [3.63, 3.8) is 0 Å². The Kier molecular flexibility index (Phi) is 3.05. The topological polar surface area (TPSA) is 46.5 Å². The van der Waals surface area contributed by atoms with Crippen molar-refractivity contribution in [2.75, 3.05) is 0 Å². The van der Waals surface area contributed by atoms with E-state index in [9.17, 15) is 9.18 Å². The summed E-state index contributed by atoms with van der Waals surface area (Å²) in [4.78, 5) is 10.9. The molecule has 4 heteroatoms. The molecule has 2 aromatic rings. The van der Waals surface area contributed by atoms with Gasteiger partial charge in [-0.3, -0.25) is 0 Å². The molecular formula is C13H9FO3. The lowest BCUT2D eigenvalue weighted by Crippen LogP contribution is -2.00. The molecule has 2 rings (SSSR count). The fourth-order valence-electron chi connectivity index (χ4n) is 1.37. The molecule has 0 unspecified atom stereocenters. The van der Waals surface area contributed by atoms with Crippen molar-refractivity contribution in [1.29, 1.82) is 0 Å². The summed E-state index contributed by atoms with van der Waals surface area (Å²) in [5.41, 5.74) is -0.200. The van der Waals surface area contributed by atoms with Crippen LogP contribution in [0.5, 0.6) is 11.5 Å². The molecular weight excluding hydrogens is 223 g/mol. The van der Waals surface area contributed by atoms with E-state index in [1.54, 1.807) is 24.3 Å². The average Bonchev–Trinajstić information content (AvgIpc) is 2.32. The quantitative estimate of drug-likeness (QED) is 0.882. The SMILES string of the molecule is O=C(O)c1cc(F)ccc1Oc1ccccc1. The first kappa shape index (κ1) is 11.1. The van der Waals surface area contributed by atoms with Crippen LogP contribution in [-0.2, 0) is 0 Å². The van der Waals surface area contributed by atoms with Crippen molar-refractivity contribution in [3.8, 4) is 11.5 Å². The van der Waals surface area contributed by atoms with Gasteiger partial charge in [-0.2, -0.15) is 0 Å². The number of aromatic carboxylic acids is 1. The van der Waals surface area contributed by atoms with E-state index in [0.29, 0.717) is 5.75 Å². The maximum Gasteiger partial charge on any atom is 0.339 e. The molecule has 0 bridgehead atoms. The van der Waals surface area contributed by atoms with Crippen molar-refractivity contribution in [2.45, 2.75) is 0 Å². The molecule has 0 heterocycles. The highest BCUT2D eigenvalue weighted by atomic mass is 19.1. The van der Waals surface area contributed by atoms with E-state index in [2.05, 4.69) is 0 Å². The van der Waals surface area contributed by atoms with Gasteiger partial charge in [0.05, 0.1) is 0 Å². The molecule has 0 spiro atoms. The maximum atomic E-state index is 12.9. The second-order valence-corrected chi connectivity index (χ2v) is 3.36. The zero-order valence-corrected chi connectivity index (χ0v) is 8.76. The monoisotopic (exact) mass is 232 g/mol. The molecule has 0 aliphatic heterocycles. The van der Waals surface area contributed by atoms with E-state index in [1.807, 2.05) is 6.07 Å². The van der Waals surface area contributed by atoms with Crippen LogP contribution in [0.25, 0.3) is 0 Å². The number of para-hydroxylation sites is 1. The van der Waals surface area contributed by atoms with Gasteiger partial charge < -0.3 is 9.84 Å².